The van der Waals surface area contributed by atoms with Crippen LogP contribution in [0.4, 0.5) is 5.82 Å². The Labute approximate surface area is 111 Å². The van der Waals surface area contributed by atoms with Crippen molar-refractivity contribution in [3.8, 4) is 5.82 Å². The summed E-state index contributed by atoms with van der Waals surface area (Å²) in [6.07, 6.45) is 9.37. The predicted octanol–water partition coefficient (Wildman–Crippen LogP) is 1.64. The van der Waals surface area contributed by atoms with Gasteiger partial charge in [-0.25, -0.2) is 15.0 Å². The van der Waals surface area contributed by atoms with E-state index in [-0.39, 0.29) is 12.1 Å². The summed E-state index contributed by atoms with van der Waals surface area (Å²) < 4.78 is 7.52. The topological polar surface area (TPSA) is 64.9 Å². The van der Waals surface area contributed by atoms with Gasteiger partial charge in [0.05, 0.1) is 12.1 Å². The fourth-order valence-corrected chi connectivity index (χ4v) is 2.28. The molecule has 1 aliphatic rings. The fraction of sp³-hybridized carbons (Fsp3) is 0.462. The lowest BCUT2D eigenvalue weighted by molar-refractivity contribution is 0.0995. The molecular formula is C13H17N5O. The Morgan fingerprint density at radius 3 is 3.16 bits per heavy atom. The van der Waals surface area contributed by atoms with Crippen LogP contribution in [0.1, 0.15) is 19.8 Å². The van der Waals surface area contributed by atoms with Crippen molar-refractivity contribution < 1.29 is 4.74 Å². The lowest BCUT2D eigenvalue weighted by Crippen LogP contribution is -2.30. The first kappa shape index (κ1) is 12.1. The van der Waals surface area contributed by atoms with E-state index in [1.807, 2.05) is 16.8 Å². The molecule has 0 spiro atoms. The van der Waals surface area contributed by atoms with Crippen LogP contribution in [0.5, 0.6) is 0 Å². The number of ether oxygens (including phenoxy) is 1. The van der Waals surface area contributed by atoms with Gasteiger partial charge >= 0.3 is 0 Å². The molecule has 3 rings (SSSR count). The highest BCUT2D eigenvalue weighted by atomic mass is 16.5. The monoisotopic (exact) mass is 259 g/mol. The lowest BCUT2D eigenvalue weighted by Gasteiger charge is -2.20. The summed E-state index contributed by atoms with van der Waals surface area (Å²) in [6.45, 7) is 2.98. The first-order valence-corrected chi connectivity index (χ1v) is 6.51. The van der Waals surface area contributed by atoms with Gasteiger partial charge in [0, 0.05) is 25.1 Å². The number of imidazole rings is 1. The van der Waals surface area contributed by atoms with Crippen LogP contribution in [0.2, 0.25) is 0 Å². The smallest absolute Gasteiger partial charge is 0.143 e. The Balaban J connectivity index is 1.72. The third-order valence-corrected chi connectivity index (χ3v) is 3.32. The molecule has 0 radical (unpaired) electrons. The molecular weight excluding hydrogens is 242 g/mol. The molecule has 1 fully saturated rings. The standard InChI is InChI=1S/C13H17N5O/c1-10(11-3-2-6-19-11)17-12-7-13(16-8-15-12)18-5-4-14-9-18/h4-5,7-11H,2-3,6H2,1H3,(H,15,16,17)/t10-,11+/m1/s1. The number of aromatic nitrogens is 4. The normalized spacial score (nSPS) is 20.4. The number of nitrogens with zero attached hydrogens (tertiary/aromatic N) is 4. The van der Waals surface area contributed by atoms with Gasteiger partial charge in [-0.05, 0) is 19.8 Å². The summed E-state index contributed by atoms with van der Waals surface area (Å²) in [5, 5.41) is 3.38. The highest BCUT2D eigenvalue weighted by Crippen LogP contribution is 2.18. The molecule has 19 heavy (non-hydrogen) atoms. The summed E-state index contributed by atoms with van der Waals surface area (Å²) in [5.41, 5.74) is 0. The zero-order valence-corrected chi connectivity index (χ0v) is 10.9. The van der Waals surface area contributed by atoms with Gasteiger partial charge in [0.1, 0.15) is 24.3 Å². The predicted molar refractivity (Wildman–Crippen MR) is 71.2 cm³/mol. The van der Waals surface area contributed by atoms with Gasteiger partial charge in [0.15, 0.2) is 0 Å². The number of anilines is 1. The van der Waals surface area contributed by atoms with Crippen LogP contribution < -0.4 is 5.32 Å². The van der Waals surface area contributed by atoms with Gasteiger partial charge in [-0.2, -0.15) is 0 Å². The second-order valence-corrected chi connectivity index (χ2v) is 4.72. The molecule has 0 saturated carbocycles. The Kier molecular flexibility index (Phi) is 3.41. The Bertz CT molecular complexity index is 522. The summed E-state index contributed by atoms with van der Waals surface area (Å²) >= 11 is 0. The maximum absolute atomic E-state index is 5.67. The van der Waals surface area contributed by atoms with Crippen LogP contribution in [-0.2, 0) is 4.74 Å². The van der Waals surface area contributed by atoms with E-state index in [0.29, 0.717) is 0 Å². The van der Waals surface area contributed by atoms with E-state index >= 15 is 0 Å². The second-order valence-electron chi connectivity index (χ2n) is 4.72. The summed E-state index contributed by atoms with van der Waals surface area (Å²) in [6, 6.07) is 2.15. The molecule has 1 saturated heterocycles. The molecule has 0 aliphatic carbocycles. The average Bonchev–Trinajstić information content (AvgIpc) is 3.13. The van der Waals surface area contributed by atoms with Gasteiger partial charge < -0.3 is 10.1 Å². The maximum Gasteiger partial charge on any atom is 0.143 e. The Morgan fingerprint density at radius 1 is 1.47 bits per heavy atom. The second kappa shape index (κ2) is 5.36. The quantitative estimate of drug-likeness (QED) is 0.904. The van der Waals surface area contributed by atoms with Crippen LogP contribution in [0.3, 0.4) is 0 Å². The van der Waals surface area contributed by atoms with Gasteiger partial charge in [0.25, 0.3) is 0 Å². The van der Waals surface area contributed by atoms with Crippen LogP contribution in [-0.4, -0.2) is 38.3 Å². The summed E-state index contributed by atoms with van der Waals surface area (Å²) in [7, 11) is 0. The van der Waals surface area contributed by atoms with Gasteiger partial charge in [-0.15, -0.1) is 0 Å². The molecule has 0 bridgehead atoms. The zero-order chi connectivity index (χ0) is 13.1. The first-order chi connectivity index (χ1) is 9.33. The molecule has 2 aromatic heterocycles. The molecule has 1 N–H and O–H groups in total. The number of hydrogen-bond donors (Lipinski definition) is 1. The van der Waals surface area contributed by atoms with Gasteiger partial charge in [-0.1, -0.05) is 0 Å². The van der Waals surface area contributed by atoms with E-state index in [1.54, 1.807) is 18.9 Å². The summed E-state index contributed by atoms with van der Waals surface area (Å²) in [5.74, 6) is 1.61. The molecule has 100 valence electrons. The van der Waals surface area contributed by atoms with Crippen molar-refractivity contribution in [1.29, 1.82) is 0 Å². The molecule has 0 unspecified atom stereocenters. The molecule has 6 nitrogen and oxygen atoms in total. The van der Waals surface area contributed by atoms with Crippen molar-refractivity contribution in [2.45, 2.75) is 31.9 Å². The largest absolute Gasteiger partial charge is 0.376 e. The molecule has 3 heterocycles. The molecule has 6 heteroatoms. The van der Waals surface area contributed by atoms with Crippen molar-refractivity contribution >= 4 is 5.82 Å². The third kappa shape index (κ3) is 2.73. The highest BCUT2D eigenvalue weighted by molar-refractivity contribution is 5.41. The average molecular weight is 259 g/mol. The van der Waals surface area contributed by atoms with Crippen LogP contribution in [0, 0.1) is 0 Å². The minimum atomic E-state index is 0.244. The number of rotatable bonds is 4. The fourth-order valence-electron chi connectivity index (χ4n) is 2.28. The third-order valence-electron chi connectivity index (χ3n) is 3.32. The van der Waals surface area contributed by atoms with E-state index in [0.717, 1.165) is 31.1 Å². The molecule has 1 aliphatic heterocycles. The van der Waals surface area contributed by atoms with Crippen molar-refractivity contribution in [2.75, 3.05) is 11.9 Å². The highest BCUT2D eigenvalue weighted by Gasteiger charge is 2.22. The Morgan fingerprint density at radius 2 is 2.42 bits per heavy atom. The van der Waals surface area contributed by atoms with Gasteiger partial charge in [0.2, 0.25) is 0 Å². The number of nitrogens with one attached hydrogen (secondary N) is 1. The van der Waals surface area contributed by atoms with Crippen molar-refractivity contribution in [2.24, 2.45) is 0 Å². The van der Waals surface area contributed by atoms with Crippen LogP contribution >= 0.6 is 0 Å². The molecule has 2 atom stereocenters. The van der Waals surface area contributed by atoms with Crippen LogP contribution in [0.15, 0.2) is 31.1 Å². The van der Waals surface area contributed by atoms with Crippen molar-refractivity contribution in [3.63, 3.8) is 0 Å². The van der Waals surface area contributed by atoms with E-state index < -0.39 is 0 Å². The minimum Gasteiger partial charge on any atom is -0.376 e. The molecule has 0 aromatic carbocycles. The van der Waals surface area contributed by atoms with E-state index in [1.165, 1.54) is 0 Å². The van der Waals surface area contributed by atoms with Gasteiger partial charge in [-0.3, -0.25) is 4.57 Å². The lowest BCUT2D eigenvalue weighted by atomic mass is 10.1. The van der Waals surface area contributed by atoms with E-state index in [2.05, 4.69) is 27.2 Å². The summed E-state index contributed by atoms with van der Waals surface area (Å²) in [4.78, 5) is 12.5. The van der Waals surface area contributed by atoms with Crippen molar-refractivity contribution in [3.05, 3.63) is 31.1 Å². The zero-order valence-electron chi connectivity index (χ0n) is 10.9. The minimum absolute atomic E-state index is 0.244. The molecule has 0 amide bonds. The Hall–Kier alpha value is -1.95. The van der Waals surface area contributed by atoms with E-state index in [4.69, 9.17) is 4.74 Å². The van der Waals surface area contributed by atoms with E-state index in [9.17, 15) is 0 Å². The molecule has 2 aromatic rings. The van der Waals surface area contributed by atoms with Crippen molar-refractivity contribution in [1.82, 2.24) is 19.5 Å². The maximum atomic E-state index is 5.67. The van der Waals surface area contributed by atoms with Crippen LogP contribution in [0.25, 0.3) is 5.82 Å². The first-order valence-electron chi connectivity index (χ1n) is 6.51. The number of hydrogen-bond acceptors (Lipinski definition) is 5. The SMILES string of the molecule is C[C@@H](Nc1cc(-n2ccnc2)ncn1)[C@@H]1CCCO1.